The Bertz CT molecular complexity index is 482. The molecule has 0 aliphatic heterocycles. The predicted octanol–water partition coefficient (Wildman–Crippen LogP) is 2.03. The maximum absolute atomic E-state index is 11.7. The van der Waals surface area contributed by atoms with Gasteiger partial charge in [0.15, 0.2) is 0 Å². The molecule has 0 aromatic carbocycles. The first-order chi connectivity index (χ1) is 9.65. The first kappa shape index (κ1) is 14.5. The van der Waals surface area contributed by atoms with Crippen LogP contribution in [0.4, 0.5) is 5.82 Å². The number of rotatable bonds is 5. The SMILES string of the molecule is Cc1cccnc1NC(=O)CNC(=O)CC1CCCC1. The van der Waals surface area contributed by atoms with Crippen LogP contribution in [0.15, 0.2) is 18.3 Å². The molecule has 0 spiro atoms. The zero-order valence-corrected chi connectivity index (χ0v) is 11.8. The number of carbonyl (C=O) groups excluding carboxylic acids is 2. The zero-order valence-electron chi connectivity index (χ0n) is 11.8. The highest BCUT2D eigenvalue weighted by Gasteiger charge is 2.18. The van der Waals surface area contributed by atoms with Crippen LogP contribution in [0.1, 0.15) is 37.7 Å². The van der Waals surface area contributed by atoms with Crippen LogP contribution in [0.2, 0.25) is 0 Å². The Labute approximate surface area is 119 Å². The summed E-state index contributed by atoms with van der Waals surface area (Å²) in [4.78, 5) is 27.5. The smallest absolute Gasteiger partial charge is 0.244 e. The molecule has 108 valence electrons. The number of amides is 2. The minimum Gasteiger partial charge on any atom is -0.347 e. The van der Waals surface area contributed by atoms with Gasteiger partial charge in [-0.15, -0.1) is 0 Å². The topological polar surface area (TPSA) is 71.1 Å². The van der Waals surface area contributed by atoms with Gasteiger partial charge in [-0.1, -0.05) is 18.9 Å². The van der Waals surface area contributed by atoms with Gasteiger partial charge in [0.05, 0.1) is 6.54 Å². The van der Waals surface area contributed by atoms with Gasteiger partial charge in [-0.05, 0) is 37.3 Å². The molecule has 1 aliphatic rings. The minimum absolute atomic E-state index is 0.00156. The number of anilines is 1. The van der Waals surface area contributed by atoms with Gasteiger partial charge >= 0.3 is 0 Å². The molecule has 2 amide bonds. The highest BCUT2D eigenvalue weighted by atomic mass is 16.2. The van der Waals surface area contributed by atoms with E-state index in [-0.39, 0.29) is 18.4 Å². The molecule has 0 bridgehead atoms. The molecule has 1 aromatic heterocycles. The van der Waals surface area contributed by atoms with E-state index in [0.717, 1.165) is 18.4 Å². The van der Waals surface area contributed by atoms with Crippen molar-refractivity contribution in [3.8, 4) is 0 Å². The molecule has 0 unspecified atom stereocenters. The van der Waals surface area contributed by atoms with Crippen molar-refractivity contribution in [1.82, 2.24) is 10.3 Å². The highest BCUT2D eigenvalue weighted by molar-refractivity contribution is 5.94. The molecule has 1 aliphatic carbocycles. The van der Waals surface area contributed by atoms with Crippen LogP contribution < -0.4 is 10.6 Å². The lowest BCUT2D eigenvalue weighted by Gasteiger charge is -2.10. The predicted molar refractivity (Wildman–Crippen MR) is 77.2 cm³/mol. The summed E-state index contributed by atoms with van der Waals surface area (Å²) in [6.45, 7) is 1.88. The molecule has 0 radical (unpaired) electrons. The van der Waals surface area contributed by atoms with E-state index in [2.05, 4.69) is 15.6 Å². The summed E-state index contributed by atoms with van der Waals surface area (Å²) in [7, 11) is 0. The van der Waals surface area contributed by atoms with Gasteiger partial charge in [-0.3, -0.25) is 9.59 Å². The van der Waals surface area contributed by atoms with Crippen LogP contribution in [0.25, 0.3) is 0 Å². The summed E-state index contributed by atoms with van der Waals surface area (Å²) in [5, 5.41) is 5.36. The lowest BCUT2D eigenvalue weighted by atomic mass is 10.0. The fourth-order valence-corrected chi connectivity index (χ4v) is 2.52. The van der Waals surface area contributed by atoms with Crippen LogP contribution in [-0.4, -0.2) is 23.3 Å². The van der Waals surface area contributed by atoms with E-state index in [0.29, 0.717) is 18.2 Å². The number of aryl methyl sites for hydroxylation is 1. The van der Waals surface area contributed by atoms with Crippen LogP contribution in [0, 0.1) is 12.8 Å². The van der Waals surface area contributed by atoms with Crippen molar-refractivity contribution in [1.29, 1.82) is 0 Å². The fourth-order valence-electron chi connectivity index (χ4n) is 2.52. The van der Waals surface area contributed by atoms with Crippen LogP contribution in [0.3, 0.4) is 0 Å². The Kier molecular flexibility index (Phi) is 5.09. The molecule has 5 nitrogen and oxygen atoms in total. The van der Waals surface area contributed by atoms with Gasteiger partial charge in [0, 0.05) is 12.6 Å². The van der Waals surface area contributed by atoms with Gasteiger partial charge in [-0.25, -0.2) is 4.98 Å². The minimum atomic E-state index is -0.244. The molecule has 2 N–H and O–H groups in total. The van der Waals surface area contributed by atoms with Gasteiger partial charge in [-0.2, -0.15) is 0 Å². The third-order valence-electron chi connectivity index (χ3n) is 3.66. The van der Waals surface area contributed by atoms with E-state index >= 15 is 0 Å². The number of nitrogens with zero attached hydrogens (tertiary/aromatic N) is 1. The first-order valence-corrected chi connectivity index (χ1v) is 7.13. The van der Waals surface area contributed by atoms with E-state index in [4.69, 9.17) is 0 Å². The average molecular weight is 275 g/mol. The van der Waals surface area contributed by atoms with Crippen molar-refractivity contribution in [2.45, 2.75) is 39.0 Å². The molecular formula is C15H21N3O2. The van der Waals surface area contributed by atoms with E-state index in [1.807, 2.05) is 19.1 Å². The van der Waals surface area contributed by atoms with Gasteiger partial charge in [0.1, 0.15) is 5.82 Å². The lowest BCUT2D eigenvalue weighted by molar-refractivity contribution is -0.124. The Hall–Kier alpha value is -1.91. The van der Waals surface area contributed by atoms with E-state index in [1.54, 1.807) is 6.20 Å². The molecule has 1 heterocycles. The van der Waals surface area contributed by atoms with Crippen molar-refractivity contribution in [2.75, 3.05) is 11.9 Å². The van der Waals surface area contributed by atoms with Crippen molar-refractivity contribution in [2.24, 2.45) is 5.92 Å². The highest BCUT2D eigenvalue weighted by Crippen LogP contribution is 2.27. The van der Waals surface area contributed by atoms with Crippen molar-refractivity contribution in [3.63, 3.8) is 0 Å². The summed E-state index contributed by atoms with van der Waals surface area (Å²) >= 11 is 0. The summed E-state index contributed by atoms with van der Waals surface area (Å²) in [5.41, 5.74) is 0.901. The number of nitrogens with one attached hydrogen (secondary N) is 2. The second-order valence-corrected chi connectivity index (χ2v) is 5.35. The molecular weight excluding hydrogens is 254 g/mol. The average Bonchev–Trinajstić information content (AvgIpc) is 2.92. The summed E-state index contributed by atoms with van der Waals surface area (Å²) in [6.07, 6.45) is 6.87. The van der Waals surface area contributed by atoms with E-state index in [9.17, 15) is 9.59 Å². The Morgan fingerprint density at radius 3 is 2.75 bits per heavy atom. The maximum Gasteiger partial charge on any atom is 0.244 e. The zero-order chi connectivity index (χ0) is 14.4. The van der Waals surface area contributed by atoms with Crippen LogP contribution in [-0.2, 0) is 9.59 Å². The molecule has 1 aromatic rings. The first-order valence-electron chi connectivity index (χ1n) is 7.13. The largest absolute Gasteiger partial charge is 0.347 e. The van der Waals surface area contributed by atoms with Gasteiger partial charge < -0.3 is 10.6 Å². The Balaban J connectivity index is 1.72. The van der Waals surface area contributed by atoms with E-state index in [1.165, 1.54) is 12.8 Å². The van der Waals surface area contributed by atoms with Crippen molar-refractivity contribution in [3.05, 3.63) is 23.9 Å². The monoisotopic (exact) mass is 275 g/mol. The second kappa shape index (κ2) is 7.03. The Morgan fingerprint density at radius 2 is 2.05 bits per heavy atom. The molecule has 2 rings (SSSR count). The lowest BCUT2D eigenvalue weighted by Crippen LogP contribution is -2.33. The quantitative estimate of drug-likeness (QED) is 0.863. The molecule has 20 heavy (non-hydrogen) atoms. The summed E-state index contributed by atoms with van der Waals surface area (Å²) < 4.78 is 0. The number of aromatic nitrogens is 1. The number of pyridine rings is 1. The molecule has 1 fully saturated rings. The number of carbonyl (C=O) groups is 2. The van der Waals surface area contributed by atoms with Gasteiger partial charge in [0.2, 0.25) is 11.8 Å². The van der Waals surface area contributed by atoms with Crippen LogP contribution >= 0.6 is 0 Å². The summed E-state index contributed by atoms with van der Waals surface area (Å²) in [5.74, 6) is 0.759. The van der Waals surface area contributed by atoms with E-state index < -0.39 is 0 Å². The third-order valence-corrected chi connectivity index (χ3v) is 3.66. The van der Waals surface area contributed by atoms with Crippen LogP contribution in [0.5, 0.6) is 0 Å². The molecule has 1 saturated carbocycles. The van der Waals surface area contributed by atoms with Crippen molar-refractivity contribution >= 4 is 17.6 Å². The summed E-state index contributed by atoms with van der Waals surface area (Å²) in [6, 6.07) is 3.69. The second-order valence-electron chi connectivity index (χ2n) is 5.35. The third kappa shape index (κ3) is 4.33. The maximum atomic E-state index is 11.7. The Morgan fingerprint density at radius 1 is 1.30 bits per heavy atom. The fraction of sp³-hybridized carbons (Fsp3) is 0.533. The van der Waals surface area contributed by atoms with Crippen molar-refractivity contribution < 1.29 is 9.59 Å². The molecule has 0 atom stereocenters. The number of hydrogen-bond donors (Lipinski definition) is 2. The standard InChI is InChI=1S/C15H21N3O2/c1-11-5-4-8-16-15(11)18-14(20)10-17-13(19)9-12-6-2-3-7-12/h4-5,8,12H,2-3,6-7,9-10H2,1H3,(H,17,19)(H,16,18,20). The number of hydrogen-bond acceptors (Lipinski definition) is 3. The van der Waals surface area contributed by atoms with Gasteiger partial charge in [0.25, 0.3) is 0 Å². The normalized spacial score (nSPS) is 15.1. The molecule has 0 saturated heterocycles. The molecule has 5 heteroatoms.